The number of rotatable bonds is 6. The second kappa shape index (κ2) is 10.3. The molecule has 1 unspecified atom stereocenters. The van der Waals surface area contributed by atoms with Crippen LogP contribution in [0.25, 0.3) is 0 Å². The molecular formula is C24H28ClF3N2O2SSi. The third-order valence-electron chi connectivity index (χ3n) is 6.75. The number of amides is 1. The fourth-order valence-electron chi connectivity index (χ4n) is 3.35. The van der Waals surface area contributed by atoms with Gasteiger partial charge in [0.25, 0.3) is 0 Å². The van der Waals surface area contributed by atoms with Gasteiger partial charge in [0.1, 0.15) is 10.9 Å². The molecule has 0 aliphatic heterocycles. The maximum atomic E-state index is 13.3. The Balaban J connectivity index is 2.44. The molecule has 0 aliphatic carbocycles. The van der Waals surface area contributed by atoms with E-state index in [0.717, 1.165) is 18.3 Å². The molecule has 0 spiro atoms. The van der Waals surface area contributed by atoms with Gasteiger partial charge in [-0.2, -0.15) is 13.2 Å². The fourth-order valence-corrected chi connectivity index (χ4v) is 6.07. The molecule has 0 fully saturated rings. The molecule has 34 heavy (non-hydrogen) atoms. The molecule has 2 rings (SSSR count). The van der Waals surface area contributed by atoms with Gasteiger partial charge in [-0.3, -0.25) is 14.6 Å². The SMILES string of the molecule is C[C@H](C(=O)C(=S)NC(=O)C(c1cc(C(F)(F)F)ccn1)c1ccccc1Cl)[Si](C)(C)C(C)(C)C. The number of halogens is 4. The zero-order valence-corrected chi connectivity index (χ0v) is 22.5. The van der Waals surface area contributed by atoms with Gasteiger partial charge in [0.2, 0.25) is 5.91 Å². The van der Waals surface area contributed by atoms with Gasteiger partial charge in [-0.15, -0.1) is 0 Å². The molecule has 0 radical (unpaired) electrons. The van der Waals surface area contributed by atoms with Crippen LogP contribution in [-0.4, -0.2) is 29.7 Å². The number of aromatic nitrogens is 1. The Hall–Kier alpha value is -2.10. The molecular weight excluding hydrogens is 501 g/mol. The average Bonchev–Trinajstić information content (AvgIpc) is 2.73. The van der Waals surface area contributed by atoms with Crippen LogP contribution < -0.4 is 5.32 Å². The lowest BCUT2D eigenvalue weighted by atomic mass is 9.93. The van der Waals surface area contributed by atoms with Crippen molar-refractivity contribution in [2.45, 2.75) is 63.5 Å². The van der Waals surface area contributed by atoms with E-state index in [1.807, 2.05) is 0 Å². The van der Waals surface area contributed by atoms with Crippen LogP contribution in [0.1, 0.15) is 50.4 Å². The monoisotopic (exact) mass is 528 g/mol. The van der Waals surface area contributed by atoms with Gasteiger partial charge in [0.05, 0.1) is 19.3 Å². The molecule has 4 nitrogen and oxygen atoms in total. The standard InChI is InChI=1S/C24H28ClF3N2O2SSi/c1-14(34(5,6)23(2,3)4)20(31)22(33)30-21(32)19(16-9-7-8-10-17(16)25)18-13-15(11-12-29-18)24(26,27)28/h7-14,19H,1-6H3,(H,30,32,33)/t14-,19?/m1/s1. The predicted molar refractivity (Wildman–Crippen MR) is 135 cm³/mol. The lowest BCUT2D eigenvalue weighted by molar-refractivity contribution is -0.137. The van der Waals surface area contributed by atoms with Crippen LogP contribution in [0.3, 0.4) is 0 Å². The van der Waals surface area contributed by atoms with Crippen molar-refractivity contribution in [1.29, 1.82) is 0 Å². The van der Waals surface area contributed by atoms with E-state index in [1.54, 1.807) is 19.1 Å². The molecule has 10 heteroatoms. The number of thiocarbonyl (C=S) groups is 1. The molecule has 2 atom stereocenters. The summed E-state index contributed by atoms with van der Waals surface area (Å²) in [6, 6.07) is 7.91. The van der Waals surface area contributed by atoms with Crippen LogP contribution in [0.4, 0.5) is 13.2 Å². The van der Waals surface area contributed by atoms with Crippen LogP contribution in [0.15, 0.2) is 42.6 Å². The third kappa shape index (κ3) is 6.11. The maximum Gasteiger partial charge on any atom is 0.416 e. The summed E-state index contributed by atoms with van der Waals surface area (Å²) in [5, 5.41) is 2.53. The van der Waals surface area contributed by atoms with E-state index < -0.39 is 31.6 Å². The van der Waals surface area contributed by atoms with Crippen molar-refractivity contribution in [1.82, 2.24) is 10.3 Å². The number of pyridine rings is 1. The number of hydrogen-bond acceptors (Lipinski definition) is 4. The van der Waals surface area contributed by atoms with Crippen LogP contribution in [0.5, 0.6) is 0 Å². The molecule has 2 aromatic rings. The van der Waals surface area contributed by atoms with Gasteiger partial charge in [-0.1, -0.05) is 82.8 Å². The van der Waals surface area contributed by atoms with E-state index >= 15 is 0 Å². The Morgan fingerprint density at radius 2 is 1.71 bits per heavy atom. The number of nitrogens with zero attached hydrogens (tertiary/aromatic N) is 1. The van der Waals surface area contributed by atoms with E-state index in [0.29, 0.717) is 0 Å². The Morgan fingerprint density at radius 3 is 2.24 bits per heavy atom. The molecule has 1 heterocycles. The average molecular weight is 529 g/mol. The summed E-state index contributed by atoms with van der Waals surface area (Å²) >= 11 is 11.5. The van der Waals surface area contributed by atoms with Crippen LogP contribution >= 0.6 is 23.8 Å². The summed E-state index contributed by atoms with van der Waals surface area (Å²) in [6.07, 6.45) is -3.64. The van der Waals surface area contributed by atoms with Crippen LogP contribution in [0, 0.1) is 0 Å². The molecule has 1 N–H and O–H groups in total. The first-order chi connectivity index (χ1) is 15.5. The molecule has 1 aromatic carbocycles. The number of alkyl halides is 3. The number of carbonyl (C=O) groups excluding carboxylic acids is 2. The van der Waals surface area contributed by atoms with Gasteiger partial charge >= 0.3 is 6.18 Å². The summed E-state index contributed by atoms with van der Waals surface area (Å²) in [5.74, 6) is -2.45. The molecule has 184 valence electrons. The summed E-state index contributed by atoms with van der Waals surface area (Å²) in [6.45, 7) is 12.2. The predicted octanol–water partition coefficient (Wildman–Crippen LogP) is 6.80. The van der Waals surface area contributed by atoms with Crippen molar-refractivity contribution in [2.24, 2.45) is 0 Å². The van der Waals surface area contributed by atoms with Gasteiger partial charge in [-0.25, -0.2) is 0 Å². The first-order valence-corrected chi connectivity index (χ1v) is 14.5. The highest BCUT2D eigenvalue weighted by atomic mass is 35.5. The third-order valence-corrected chi connectivity index (χ3v) is 13.7. The smallest absolute Gasteiger partial charge is 0.313 e. The Bertz CT molecular complexity index is 1100. The number of nitrogens with one attached hydrogen (secondary N) is 1. The fraction of sp³-hybridized carbons (Fsp3) is 0.417. The van der Waals surface area contributed by atoms with Crippen molar-refractivity contribution in [3.05, 3.63) is 64.4 Å². The topological polar surface area (TPSA) is 59.1 Å². The van der Waals surface area contributed by atoms with Crippen LogP contribution in [0.2, 0.25) is 28.7 Å². The van der Waals surface area contributed by atoms with Gasteiger partial charge in [0.15, 0.2) is 5.78 Å². The lowest BCUT2D eigenvalue weighted by Gasteiger charge is -2.41. The van der Waals surface area contributed by atoms with E-state index in [-0.39, 0.29) is 37.6 Å². The quantitative estimate of drug-likeness (QED) is 0.331. The Kier molecular flexibility index (Phi) is 8.49. The first kappa shape index (κ1) is 28.1. The highest BCUT2D eigenvalue weighted by Crippen LogP contribution is 2.43. The van der Waals surface area contributed by atoms with Gasteiger partial charge in [-0.05, 0) is 28.8 Å². The lowest BCUT2D eigenvalue weighted by Crippen LogP contribution is -2.48. The van der Waals surface area contributed by atoms with Crippen molar-refractivity contribution >= 4 is 48.6 Å². The number of ketones is 1. The van der Waals surface area contributed by atoms with Crippen molar-refractivity contribution in [3.63, 3.8) is 0 Å². The van der Waals surface area contributed by atoms with Gasteiger partial charge in [0, 0.05) is 16.8 Å². The Morgan fingerprint density at radius 1 is 1.12 bits per heavy atom. The first-order valence-electron chi connectivity index (χ1n) is 10.6. The molecule has 1 amide bonds. The van der Waals surface area contributed by atoms with Gasteiger partial charge < -0.3 is 5.32 Å². The van der Waals surface area contributed by atoms with E-state index in [9.17, 15) is 22.8 Å². The van der Waals surface area contributed by atoms with Crippen molar-refractivity contribution in [2.75, 3.05) is 0 Å². The minimum atomic E-state index is -4.62. The number of Topliss-reactive ketones (excluding diaryl/α,β-unsaturated/α-hetero) is 1. The minimum Gasteiger partial charge on any atom is -0.313 e. The summed E-state index contributed by atoms with van der Waals surface area (Å²) in [4.78, 5) is 30.2. The highest BCUT2D eigenvalue weighted by molar-refractivity contribution is 7.82. The summed E-state index contributed by atoms with van der Waals surface area (Å²) in [7, 11) is -2.12. The van der Waals surface area contributed by atoms with Crippen LogP contribution in [-0.2, 0) is 15.8 Å². The molecule has 0 bridgehead atoms. The minimum absolute atomic E-state index is 0.0935. The Labute approximate surface area is 209 Å². The number of carbonyl (C=O) groups is 2. The summed E-state index contributed by atoms with van der Waals surface area (Å²) in [5.41, 5.74) is -1.24. The zero-order chi connectivity index (χ0) is 26.1. The van der Waals surface area contributed by atoms with Crippen molar-refractivity contribution < 1.29 is 22.8 Å². The summed E-state index contributed by atoms with van der Waals surface area (Å²) < 4.78 is 39.9. The van der Waals surface area contributed by atoms with E-state index in [1.165, 1.54) is 12.1 Å². The molecule has 0 saturated carbocycles. The second-order valence-electron chi connectivity index (χ2n) is 9.80. The maximum absolute atomic E-state index is 13.3. The van der Waals surface area contributed by atoms with E-state index in [4.69, 9.17) is 23.8 Å². The normalized spacial score (nSPS) is 14.3. The molecule has 0 aliphatic rings. The second-order valence-corrected chi connectivity index (χ2v) is 16.4. The number of hydrogen-bond donors (Lipinski definition) is 1. The zero-order valence-electron chi connectivity index (χ0n) is 19.9. The van der Waals surface area contributed by atoms with E-state index in [2.05, 4.69) is 44.2 Å². The largest absolute Gasteiger partial charge is 0.416 e. The molecule has 0 saturated heterocycles. The molecule has 1 aromatic heterocycles. The number of benzene rings is 1. The van der Waals surface area contributed by atoms with Crippen molar-refractivity contribution in [3.8, 4) is 0 Å². The highest BCUT2D eigenvalue weighted by Gasteiger charge is 2.44.